The Hall–Kier alpha value is -1.88. The maximum absolute atomic E-state index is 11.8. The summed E-state index contributed by atoms with van der Waals surface area (Å²) in [6.45, 7) is 1.06. The van der Waals surface area contributed by atoms with Gasteiger partial charge in [0.25, 0.3) is 0 Å². The number of rotatable bonds is 3. The normalized spacial score (nSPS) is 29.7. The second-order valence-electron chi connectivity index (χ2n) is 4.78. The molecule has 1 aromatic carbocycles. The molecule has 0 aromatic heterocycles. The van der Waals surface area contributed by atoms with Gasteiger partial charge in [0.2, 0.25) is 0 Å². The highest BCUT2D eigenvalue weighted by molar-refractivity contribution is 5.89. The third-order valence-electron chi connectivity index (χ3n) is 3.67. The van der Waals surface area contributed by atoms with Gasteiger partial charge in [-0.05, 0) is 24.0 Å². The molecule has 1 N–H and O–H groups in total. The van der Waals surface area contributed by atoms with Crippen molar-refractivity contribution in [3.63, 3.8) is 0 Å². The van der Waals surface area contributed by atoms with Crippen LogP contribution in [-0.2, 0) is 9.63 Å². The van der Waals surface area contributed by atoms with Gasteiger partial charge in [-0.3, -0.25) is 4.79 Å². The molecule has 5 heteroatoms. The smallest absolute Gasteiger partial charge is 0.357 e. The summed E-state index contributed by atoms with van der Waals surface area (Å²) >= 11 is 0. The van der Waals surface area contributed by atoms with E-state index < -0.39 is 5.97 Å². The molecule has 5 nitrogen and oxygen atoms in total. The summed E-state index contributed by atoms with van der Waals surface area (Å²) in [6, 6.07) is 8.77. The lowest BCUT2D eigenvalue weighted by atomic mass is 10.2. The van der Waals surface area contributed by atoms with Crippen LogP contribution in [0, 0.1) is 17.8 Å². The second-order valence-corrected chi connectivity index (χ2v) is 4.78. The first-order valence-corrected chi connectivity index (χ1v) is 5.92. The van der Waals surface area contributed by atoms with E-state index >= 15 is 0 Å². The maximum atomic E-state index is 11.8. The van der Waals surface area contributed by atoms with Gasteiger partial charge in [0.15, 0.2) is 0 Å². The quantitative estimate of drug-likeness (QED) is 0.863. The third kappa shape index (κ3) is 1.86. The van der Waals surface area contributed by atoms with Crippen molar-refractivity contribution in [3.05, 3.63) is 35.9 Å². The molecule has 0 bridgehead atoms. The Kier molecular flexibility index (Phi) is 2.56. The average Bonchev–Trinajstić information content (AvgIpc) is 2.89. The van der Waals surface area contributed by atoms with E-state index in [-0.39, 0.29) is 23.7 Å². The predicted molar refractivity (Wildman–Crippen MR) is 61.5 cm³/mol. The van der Waals surface area contributed by atoms with Crippen LogP contribution in [-0.4, -0.2) is 35.2 Å². The molecule has 1 aromatic rings. The van der Waals surface area contributed by atoms with E-state index in [0.29, 0.717) is 18.7 Å². The fraction of sp³-hybridized carbons (Fsp3) is 0.385. The van der Waals surface area contributed by atoms with E-state index in [9.17, 15) is 9.59 Å². The number of nitrogens with zero attached hydrogens (tertiary/aromatic N) is 1. The number of aliphatic carboxylic acids is 1. The molecule has 0 radical (unpaired) electrons. The van der Waals surface area contributed by atoms with Crippen LogP contribution < -0.4 is 0 Å². The van der Waals surface area contributed by atoms with Crippen LogP contribution in [0.1, 0.15) is 10.4 Å². The molecular formula is C13H13NO4. The number of fused-ring (bicyclic) bond motifs is 1. The standard InChI is InChI=1S/C13H13NO4/c15-12(16)11-9-6-14(7-10(9)11)18-13(17)8-4-2-1-3-5-8/h1-5,9-11H,6-7H2,(H,15,16). The van der Waals surface area contributed by atoms with Crippen molar-refractivity contribution in [1.82, 2.24) is 5.06 Å². The summed E-state index contributed by atoms with van der Waals surface area (Å²) in [7, 11) is 0. The first-order chi connectivity index (χ1) is 8.66. The molecule has 1 saturated carbocycles. The van der Waals surface area contributed by atoms with Crippen LogP contribution in [0.2, 0.25) is 0 Å². The largest absolute Gasteiger partial charge is 0.481 e. The Morgan fingerprint density at radius 3 is 2.33 bits per heavy atom. The third-order valence-corrected chi connectivity index (χ3v) is 3.67. The van der Waals surface area contributed by atoms with Gasteiger partial charge in [0.1, 0.15) is 0 Å². The lowest BCUT2D eigenvalue weighted by Crippen LogP contribution is -2.29. The highest BCUT2D eigenvalue weighted by Gasteiger charge is 2.60. The summed E-state index contributed by atoms with van der Waals surface area (Å²) in [4.78, 5) is 27.8. The summed E-state index contributed by atoms with van der Waals surface area (Å²) in [5, 5.41) is 10.5. The van der Waals surface area contributed by atoms with E-state index in [4.69, 9.17) is 9.94 Å². The van der Waals surface area contributed by atoms with Crippen LogP contribution in [0.3, 0.4) is 0 Å². The fourth-order valence-corrected chi connectivity index (χ4v) is 2.67. The zero-order chi connectivity index (χ0) is 12.7. The summed E-state index contributed by atoms with van der Waals surface area (Å²) in [5.74, 6) is -1.07. The van der Waals surface area contributed by atoms with E-state index in [1.54, 1.807) is 29.3 Å². The van der Waals surface area contributed by atoms with Crippen molar-refractivity contribution in [1.29, 1.82) is 0 Å². The lowest BCUT2D eigenvalue weighted by molar-refractivity contribution is -0.142. The summed E-state index contributed by atoms with van der Waals surface area (Å²) < 4.78 is 0. The van der Waals surface area contributed by atoms with Crippen LogP contribution in [0.4, 0.5) is 0 Å². The Bertz CT molecular complexity index is 475. The molecule has 2 atom stereocenters. The molecule has 1 aliphatic carbocycles. The van der Waals surface area contributed by atoms with Gasteiger partial charge < -0.3 is 9.94 Å². The number of hydrogen-bond acceptors (Lipinski definition) is 4. The zero-order valence-corrected chi connectivity index (χ0v) is 9.65. The molecule has 0 amide bonds. The number of hydroxylamine groups is 2. The Labute approximate surface area is 104 Å². The van der Waals surface area contributed by atoms with Gasteiger partial charge in [0.05, 0.1) is 11.5 Å². The zero-order valence-electron chi connectivity index (χ0n) is 9.65. The minimum Gasteiger partial charge on any atom is -0.481 e. The van der Waals surface area contributed by atoms with E-state index in [1.165, 1.54) is 0 Å². The molecule has 0 spiro atoms. The van der Waals surface area contributed by atoms with E-state index in [2.05, 4.69) is 0 Å². The highest BCUT2D eigenvalue weighted by atomic mass is 16.7. The molecule has 2 aliphatic rings. The molecule has 94 valence electrons. The number of benzene rings is 1. The van der Waals surface area contributed by atoms with Crippen molar-refractivity contribution < 1.29 is 19.5 Å². The number of carbonyl (C=O) groups excluding carboxylic acids is 1. The number of carboxylic acids is 1. The molecule has 1 saturated heterocycles. The van der Waals surface area contributed by atoms with Crippen LogP contribution in [0.5, 0.6) is 0 Å². The van der Waals surface area contributed by atoms with Gasteiger partial charge in [-0.25, -0.2) is 4.79 Å². The Balaban J connectivity index is 1.55. The minimum absolute atomic E-state index is 0.145. The summed E-state index contributed by atoms with van der Waals surface area (Å²) in [5.41, 5.74) is 0.507. The number of piperidine rings is 1. The van der Waals surface area contributed by atoms with Crippen molar-refractivity contribution in [2.75, 3.05) is 13.1 Å². The number of hydrogen-bond donors (Lipinski definition) is 1. The Morgan fingerprint density at radius 1 is 1.17 bits per heavy atom. The molecular weight excluding hydrogens is 234 g/mol. The monoisotopic (exact) mass is 247 g/mol. The van der Waals surface area contributed by atoms with Crippen molar-refractivity contribution in [2.45, 2.75) is 0 Å². The molecule has 1 aliphatic heterocycles. The molecule has 3 rings (SSSR count). The van der Waals surface area contributed by atoms with E-state index in [0.717, 1.165) is 0 Å². The van der Waals surface area contributed by atoms with Crippen molar-refractivity contribution in [3.8, 4) is 0 Å². The molecule has 1 heterocycles. The van der Waals surface area contributed by atoms with Gasteiger partial charge in [-0.15, -0.1) is 5.06 Å². The second kappa shape index (κ2) is 4.10. The van der Waals surface area contributed by atoms with Crippen molar-refractivity contribution in [2.24, 2.45) is 17.8 Å². The summed E-state index contributed by atoms with van der Waals surface area (Å²) in [6.07, 6.45) is 0. The SMILES string of the molecule is O=C(ON1CC2C(C1)C2C(=O)O)c1ccccc1. The van der Waals surface area contributed by atoms with Gasteiger partial charge in [-0.1, -0.05) is 18.2 Å². The molecule has 2 fully saturated rings. The maximum Gasteiger partial charge on any atom is 0.357 e. The van der Waals surface area contributed by atoms with Gasteiger partial charge >= 0.3 is 11.9 Å². The number of carbonyl (C=O) groups is 2. The van der Waals surface area contributed by atoms with Crippen molar-refractivity contribution >= 4 is 11.9 Å². The minimum atomic E-state index is -0.737. The predicted octanol–water partition coefficient (Wildman–Crippen LogP) is 1.02. The lowest BCUT2D eigenvalue weighted by Gasteiger charge is -2.17. The number of carboxylic acid groups (broad SMARTS) is 1. The van der Waals surface area contributed by atoms with Crippen LogP contribution in [0.25, 0.3) is 0 Å². The van der Waals surface area contributed by atoms with Gasteiger partial charge in [0, 0.05) is 13.1 Å². The Morgan fingerprint density at radius 2 is 1.78 bits per heavy atom. The van der Waals surface area contributed by atoms with Crippen LogP contribution in [0.15, 0.2) is 30.3 Å². The first kappa shape index (κ1) is 11.2. The fourth-order valence-electron chi connectivity index (χ4n) is 2.67. The first-order valence-electron chi connectivity index (χ1n) is 5.92. The molecule has 2 unspecified atom stereocenters. The molecule has 18 heavy (non-hydrogen) atoms. The van der Waals surface area contributed by atoms with Gasteiger partial charge in [-0.2, -0.15) is 0 Å². The average molecular weight is 247 g/mol. The van der Waals surface area contributed by atoms with Crippen LogP contribution >= 0.6 is 0 Å². The highest BCUT2D eigenvalue weighted by Crippen LogP contribution is 2.51. The topological polar surface area (TPSA) is 66.8 Å². The van der Waals surface area contributed by atoms with E-state index in [1.807, 2.05) is 6.07 Å².